The number of carboxylic acid groups (broad SMARTS) is 1. The second kappa shape index (κ2) is 3.88. The van der Waals surface area contributed by atoms with Gasteiger partial charge in [-0.15, -0.1) is 0 Å². The maximum absolute atomic E-state index is 10.8. The van der Waals surface area contributed by atoms with E-state index >= 15 is 0 Å². The summed E-state index contributed by atoms with van der Waals surface area (Å²) < 4.78 is 5.64. The van der Waals surface area contributed by atoms with Gasteiger partial charge in [-0.25, -0.2) is 0 Å². The summed E-state index contributed by atoms with van der Waals surface area (Å²) in [5.41, 5.74) is 1.67. The Hall–Kier alpha value is -2.29. The molecule has 0 amide bonds. The first kappa shape index (κ1) is 10.8. The normalized spacial score (nSPS) is 11.2. The minimum atomic E-state index is -0.874. The van der Waals surface area contributed by atoms with Gasteiger partial charge in [0.1, 0.15) is 17.8 Å². The molecule has 0 atom stereocenters. The molecule has 3 aromatic rings. The van der Waals surface area contributed by atoms with Gasteiger partial charge >= 0.3 is 5.97 Å². The predicted molar refractivity (Wildman–Crippen MR) is 69.8 cm³/mol. The number of furan rings is 1. The summed E-state index contributed by atoms with van der Waals surface area (Å²) in [6, 6.07) is 11.9. The van der Waals surface area contributed by atoms with E-state index in [1.165, 1.54) is 0 Å². The van der Waals surface area contributed by atoms with E-state index in [1.54, 1.807) is 0 Å². The number of rotatable bonds is 2. The summed E-state index contributed by atoms with van der Waals surface area (Å²) in [5, 5.41) is 12.1. The van der Waals surface area contributed by atoms with Crippen molar-refractivity contribution >= 4 is 27.7 Å². The second-order valence-corrected chi connectivity index (χ2v) is 4.38. The number of benzene rings is 2. The molecule has 3 heteroatoms. The number of carboxylic acids is 1. The van der Waals surface area contributed by atoms with Crippen molar-refractivity contribution in [2.24, 2.45) is 0 Å². The summed E-state index contributed by atoms with van der Waals surface area (Å²) in [4.78, 5) is 10.8. The standard InChI is InChI=1S/C15H12O3/c1-9-13(8-14(16)17)18-12-7-6-10-4-2-3-5-11(10)15(9)12/h2-7H,8H2,1H3,(H,16,17). The van der Waals surface area contributed by atoms with E-state index in [4.69, 9.17) is 9.52 Å². The highest BCUT2D eigenvalue weighted by molar-refractivity contribution is 6.07. The fraction of sp³-hybridized carbons (Fsp3) is 0.133. The van der Waals surface area contributed by atoms with Crippen molar-refractivity contribution in [1.29, 1.82) is 0 Å². The van der Waals surface area contributed by atoms with Gasteiger partial charge in [-0.05, 0) is 29.3 Å². The van der Waals surface area contributed by atoms with Gasteiger partial charge in [-0.1, -0.05) is 30.3 Å². The molecule has 0 aliphatic heterocycles. The Labute approximate surface area is 104 Å². The van der Waals surface area contributed by atoms with Gasteiger partial charge in [0.15, 0.2) is 0 Å². The molecule has 3 nitrogen and oxygen atoms in total. The molecule has 2 aromatic carbocycles. The van der Waals surface area contributed by atoms with Crippen LogP contribution in [-0.2, 0) is 11.2 Å². The van der Waals surface area contributed by atoms with Crippen LogP contribution in [0.1, 0.15) is 11.3 Å². The van der Waals surface area contributed by atoms with E-state index in [2.05, 4.69) is 0 Å². The van der Waals surface area contributed by atoms with Crippen molar-refractivity contribution in [3.63, 3.8) is 0 Å². The lowest BCUT2D eigenvalue weighted by Crippen LogP contribution is -1.99. The van der Waals surface area contributed by atoms with Crippen molar-refractivity contribution in [3.05, 3.63) is 47.7 Å². The van der Waals surface area contributed by atoms with Gasteiger partial charge in [0.2, 0.25) is 0 Å². The van der Waals surface area contributed by atoms with Gasteiger partial charge in [0.25, 0.3) is 0 Å². The highest BCUT2D eigenvalue weighted by Crippen LogP contribution is 2.32. The highest BCUT2D eigenvalue weighted by atomic mass is 16.4. The molecule has 3 rings (SSSR count). The Bertz CT molecular complexity index is 753. The molecule has 0 saturated heterocycles. The Morgan fingerprint density at radius 1 is 1.22 bits per heavy atom. The number of carbonyl (C=O) groups is 1. The second-order valence-electron chi connectivity index (χ2n) is 4.38. The van der Waals surface area contributed by atoms with E-state index in [9.17, 15) is 4.79 Å². The largest absolute Gasteiger partial charge is 0.481 e. The summed E-state index contributed by atoms with van der Waals surface area (Å²) >= 11 is 0. The fourth-order valence-corrected chi connectivity index (χ4v) is 2.38. The zero-order valence-electron chi connectivity index (χ0n) is 9.93. The first-order chi connectivity index (χ1) is 8.66. The molecule has 0 radical (unpaired) electrons. The Morgan fingerprint density at radius 3 is 2.78 bits per heavy atom. The maximum Gasteiger partial charge on any atom is 0.311 e. The molecule has 1 heterocycles. The van der Waals surface area contributed by atoms with Crippen LogP contribution in [0.2, 0.25) is 0 Å². The molecule has 0 aliphatic carbocycles. The van der Waals surface area contributed by atoms with Crippen molar-refractivity contribution in [3.8, 4) is 0 Å². The molecule has 1 aromatic heterocycles. The van der Waals surface area contributed by atoms with E-state index in [0.29, 0.717) is 5.76 Å². The van der Waals surface area contributed by atoms with Gasteiger partial charge in [0, 0.05) is 5.39 Å². The number of hydrogen-bond acceptors (Lipinski definition) is 2. The third kappa shape index (κ3) is 1.56. The number of hydrogen-bond donors (Lipinski definition) is 1. The van der Waals surface area contributed by atoms with E-state index in [1.807, 2.05) is 43.3 Å². The van der Waals surface area contributed by atoms with E-state index in [0.717, 1.165) is 27.3 Å². The van der Waals surface area contributed by atoms with Crippen LogP contribution in [0.15, 0.2) is 40.8 Å². The van der Waals surface area contributed by atoms with Crippen LogP contribution >= 0.6 is 0 Å². The molecule has 0 bridgehead atoms. The lowest BCUT2D eigenvalue weighted by Gasteiger charge is -1.98. The van der Waals surface area contributed by atoms with E-state index < -0.39 is 5.97 Å². The predicted octanol–water partition coefficient (Wildman–Crippen LogP) is 3.52. The highest BCUT2D eigenvalue weighted by Gasteiger charge is 2.15. The van der Waals surface area contributed by atoms with Crippen molar-refractivity contribution in [2.45, 2.75) is 13.3 Å². The van der Waals surface area contributed by atoms with Gasteiger partial charge in [-0.2, -0.15) is 0 Å². The minimum absolute atomic E-state index is 0.0746. The summed E-state index contributed by atoms with van der Waals surface area (Å²) in [5.74, 6) is -0.338. The SMILES string of the molecule is Cc1c(CC(=O)O)oc2ccc3ccccc3c12. The Balaban J connectivity index is 2.36. The van der Waals surface area contributed by atoms with Crippen molar-refractivity contribution in [1.82, 2.24) is 0 Å². The first-order valence-corrected chi connectivity index (χ1v) is 5.78. The molecule has 0 aliphatic rings. The summed E-state index contributed by atoms with van der Waals surface area (Å²) in [6.45, 7) is 1.91. The molecular weight excluding hydrogens is 228 g/mol. The fourth-order valence-electron chi connectivity index (χ4n) is 2.38. The van der Waals surface area contributed by atoms with E-state index in [-0.39, 0.29) is 6.42 Å². The van der Waals surface area contributed by atoms with Crippen LogP contribution in [-0.4, -0.2) is 11.1 Å². The lowest BCUT2D eigenvalue weighted by molar-refractivity contribution is -0.136. The minimum Gasteiger partial charge on any atom is -0.481 e. The van der Waals surface area contributed by atoms with Crippen LogP contribution in [0.3, 0.4) is 0 Å². The van der Waals surface area contributed by atoms with Gasteiger partial charge in [0.05, 0.1) is 0 Å². The van der Waals surface area contributed by atoms with Crippen LogP contribution in [0.25, 0.3) is 21.7 Å². The molecule has 1 N–H and O–H groups in total. The third-order valence-electron chi connectivity index (χ3n) is 3.23. The van der Waals surface area contributed by atoms with Crippen LogP contribution < -0.4 is 0 Å². The Kier molecular flexibility index (Phi) is 2.33. The van der Waals surface area contributed by atoms with Crippen molar-refractivity contribution < 1.29 is 14.3 Å². The Morgan fingerprint density at radius 2 is 2.00 bits per heavy atom. The molecule has 18 heavy (non-hydrogen) atoms. The van der Waals surface area contributed by atoms with Crippen LogP contribution in [0.4, 0.5) is 0 Å². The van der Waals surface area contributed by atoms with Crippen LogP contribution in [0, 0.1) is 6.92 Å². The zero-order valence-corrected chi connectivity index (χ0v) is 9.93. The molecule has 90 valence electrons. The lowest BCUT2D eigenvalue weighted by atomic mass is 10.0. The smallest absolute Gasteiger partial charge is 0.311 e. The molecule has 0 fully saturated rings. The number of aryl methyl sites for hydroxylation is 1. The van der Waals surface area contributed by atoms with Crippen molar-refractivity contribution in [2.75, 3.05) is 0 Å². The molecular formula is C15H12O3. The maximum atomic E-state index is 10.8. The number of aliphatic carboxylic acids is 1. The average Bonchev–Trinajstić information content (AvgIpc) is 2.66. The molecule has 0 spiro atoms. The zero-order chi connectivity index (χ0) is 12.7. The summed E-state index contributed by atoms with van der Waals surface area (Å²) in [6.07, 6.45) is -0.0746. The average molecular weight is 240 g/mol. The third-order valence-corrected chi connectivity index (χ3v) is 3.23. The number of fused-ring (bicyclic) bond motifs is 3. The summed E-state index contributed by atoms with van der Waals surface area (Å²) in [7, 11) is 0. The van der Waals surface area contributed by atoms with Crippen LogP contribution in [0.5, 0.6) is 0 Å². The van der Waals surface area contributed by atoms with Gasteiger partial charge < -0.3 is 9.52 Å². The molecule has 0 saturated carbocycles. The first-order valence-electron chi connectivity index (χ1n) is 5.78. The quantitative estimate of drug-likeness (QED) is 0.745. The monoisotopic (exact) mass is 240 g/mol. The van der Waals surface area contributed by atoms with Gasteiger partial charge in [-0.3, -0.25) is 4.79 Å². The molecule has 0 unspecified atom stereocenters. The topological polar surface area (TPSA) is 50.4 Å².